The second-order valence-corrected chi connectivity index (χ2v) is 7.68. The highest BCUT2D eigenvalue weighted by Gasteiger charge is 2.15. The molecule has 1 heterocycles. The summed E-state index contributed by atoms with van der Waals surface area (Å²) < 4.78 is 14.4. The average Bonchev–Trinajstić information content (AvgIpc) is 2.76. The van der Waals surface area contributed by atoms with Crippen molar-refractivity contribution in [2.75, 3.05) is 23.3 Å². The number of phenolic OH excluding ortho intramolecular Hbond substituents is 1. The summed E-state index contributed by atoms with van der Waals surface area (Å²) in [6.07, 6.45) is 3.67. The maximum absolute atomic E-state index is 14.4. The molecular formula is C25H25FN2O2. The fourth-order valence-corrected chi connectivity index (χ4v) is 4.01. The molecule has 4 nitrogen and oxygen atoms in total. The number of carbonyl (C=O) groups is 1. The third-order valence-corrected chi connectivity index (χ3v) is 5.51. The number of benzene rings is 3. The summed E-state index contributed by atoms with van der Waals surface area (Å²) in [5.74, 6) is -0.764. The van der Waals surface area contributed by atoms with Gasteiger partial charge < -0.3 is 15.3 Å². The van der Waals surface area contributed by atoms with Crippen LogP contribution in [0.3, 0.4) is 0 Å². The number of hydrogen-bond acceptors (Lipinski definition) is 3. The second kappa shape index (κ2) is 8.57. The van der Waals surface area contributed by atoms with Crippen molar-refractivity contribution < 1.29 is 14.3 Å². The molecule has 3 aromatic rings. The Bertz CT molecular complexity index is 1070. The lowest BCUT2D eigenvalue weighted by atomic mass is 9.96. The van der Waals surface area contributed by atoms with Gasteiger partial charge in [0.25, 0.3) is 0 Å². The van der Waals surface area contributed by atoms with E-state index in [1.807, 2.05) is 24.3 Å². The van der Waals surface area contributed by atoms with Crippen LogP contribution in [0.25, 0.3) is 22.3 Å². The van der Waals surface area contributed by atoms with Gasteiger partial charge in [-0.1, -0.05) is 36.4 Å². The van der Waals surface area contributed by atoms with Crippen molar-refractivity contribution in [2.45, 2.75) is 26.2 Å². The first kappa shape index (κ1) is 20.0. The Labute approximate surface area is 176 Å². The van der Waals surface area contributed by atoms with Crippen molar-refractivity contribution in [3.8, 4) is 28.0 Å². The first-order valence-corrected chi connectivity index (χ1v) is 10.3. The zero-order valence-electron chi connectivity index (χ0n) is 17.0. The molecule has 0 unspecified atom stereocenters. The van der Waals surface area contributed by atoms with Gasteiger partial charge in [-0.2, -0.15) is 0 Å². The van der Waals surface area contributed by atoms with E-state index < -0.39 is 5.82 Å². The maximum atomic E-state index is 14.4. The molecule has 1 aliphatic heterocycles. The highest BCUT2D eigenvalue weighted by atomic mass is 19.1. The SMILES string of the molecule is CC(=O)Nc1ccc(-c2cccc(-c3cccc(N4CCCCC4)c3)c2O)cc1F. The number of nitrogens with one attached hydrogen (secondary N) is 1. The van der Waals surface area contributed by atoms with Gasteiger partial charge in [0, 0.05) is 36.8 Å². The molecule has 1 amide bonds. The number of rotatable bonds is 4. The predicted molar refractivity (Wildman–Crippen MR) is 119 cm³/mol. The molecule has 4 rings (SSSR count). The number of anilines is 2. The lowest BCUT2D eigenvalue weighted by Gasteiger charge is -2.29. The van der Waals surface area contributed by atoms with Crippen LogP contribution >= 0.6 is 0 Å². The number of halogens is 1. The summed E-state index contributed by atoms with van der Waals surface area (Å²) >= 11 is 0. The summed E-state index contributed by atoms with van der Waals surface area (Å²) in [7, 11) is 0. The zero-order valence-corrected chi connectivity index (χ0v) is 17.0. The third-order valence-electron chi connectivity index (χ3n) is 5.51. The predicted octanol–water partition coefficient (Wildman–Crippen LogP) is 5.81. The van der Waals surface area contributed by atoms with Crippen molar-refractivity contribution >= 4 is 17.3 Å². The van der Waals surface area contributed by atoms with Crippen LogP contribution in [-0.4, -0.2) is 24.1 Å². The maximum Gasteiger partial charge on any atom is 0.221 e. The van der Waals surface area contributed by atoms with Crippen LogP contribution < -0.4 is 10.2 Å². The molecule has 0 spiro atoms. The quantitative estimate of drug-likeness (QED) is 0.577. The van der Waals surface area contributed by atoms with Crippen molar-refractivity contribution in [3.05, 3.63) is 66.5 Å². The van der Waals surface area contributed by atoms with Crippen LogP contribution in [0.15, 0.2) is 60.7 Å². The number of aromatic hydroxyl groups is 1. The summed E-state index contributed by atoms with van der Waals surface area (Å²) in [5, 5.41) is 13.5. The highest BCUT2D eigenvalue weighted by molar-refractivity contribution is 5.89. The molecule has 1 aliphatic rings. The topological polar surface area (TPSA) is 52.6 Å². The van der Waals surface area contributed by atoms with Gasteiger partial charge in [0.2, 0.25) is 5.91 Å². The van der Waals surface area contributed by atoms with E-state index in [9.17, 15) is 14.3 Å². The number of piperidine rings is 1. The Morgan fingerprint density at radius 3 is 2.27 bits per heavy atom. The lowest BCUT2D eigenvalue weighted by Crippen LogP contribution is -2.29. The van der Waals surface area contributed by atoms with Crippen molar-refractivity contribution in [1.29, 1.82) is 0 Å². The fraction of sp³-hybridized carbons (Fsp3) is 0.240. The minimum atomic E-state index is -0.542. The lowest BCUT2D eigenvalue weighted by molar-refractivity contribution is -0.114. The average molecular weight is 404 g/mol. The number of nitrogens with zero attached hydrogens (tertiary/aromatic N) is 1. The van der Waals surface area contributed by atoms with Gasteiger partial charge in [-0.25, -0.2) is 4.39 Å². The van der Waals surface area contributed by atoms with Crippen molar-refractivity contribution in [3.63, 3.8) is 0 Å². The van der Waals surface area contributed by atoms with Gasteiger partial charge in [-0.3, -0.25) is 4.79 Å². The molecule has 1 fully saturated rings. The van der Waals surface area contributed by atoms with E-state index in [4.69, 9.17) is 0 Å². The summed E-state index contributed by atoms with van der Waals surface area (Å²) in [5.41, 5.74) is 4.00. The monoisotopic (exact) mass is 404 g/mol. The van der Waals surface area contributed by atoms with E-state index in [1.165, 1.54) is 38.3 Å². The van der Waals surface area contributed by atoms with Gasteiger partial charge in [0.1, 0.15) is 11.6 Å². The largest absolute Gasteiger partial charge is 0.507 e. The zero-order chi connectivity index (χ0) is 21.1. The molecule has 0 aromatic heterocycles. The molecule has 0 radical (unpaired) electrons. The normalized spacial score (nSPS) is 13.9. The molecule has 30 heavy (non-hydrogen) atoms. The summed E-state index contributed by atoms with van der Waals surface area (Å²) in [6.45, 7) is 3.44. The number of amides is 1. The fourth-order valence-electron chi connectivity index (χ4n) is 4.01. The minimum absolute atomic E-state index is 0.111. The molecule has 154 valence electrons. The van der Waals surface area contributed by atoms with E-state index in [1.54, 1.807) is 12.1 Å². The Hall–Kier alpha value is -3.34. The van der Waals surface area contributed by atoms with Gasteiger partial charge in [-0.15, -0.1) is 0 Å². The smallest absolute Gasteiger partial charge is 0.221 e. The Morgan fingerprint density at radius 1 is 0.933 bits per heavy atom. The molecule has 5 heteroatoms. The molecule has 2 N–H and O–H groups in total. The Kier molecular flexibility index (Phi) is 5.70. The van der Waals surface area contributed by atoms with Crippen LogP contribution in [-0.2, 0) is 4.79 Å². The van der Waals surface area contributed by atoms with E-state index in [-0.39, 0.29) is 17.3 Å². The molecule has 0 saturated carbocycles. The third kappa shape index (κ3) is 4.15. The Balaban J connectivity index is 1.69. The van der Waals surface area contributed by atoms with Crippen LogP contribution in [0, 0.1) is 5.82 Å². The van der Waals surface area contributed by atoms with Crippen LogP contribution in [0.4, 0.5) is 15.8 Å². The molecule has 0 bridgehead atoms. The van der Waals surface area contributed by atoms with Crippen LogP contribution in [0.2, 0.25) is 0 Å². The van der Waals surface area contributed by atoms with Gasteiger partial charge in [0.15, 0.2) is 0 Å². The number of para-hydroxylation sites is 1. The molecule has 0 atom stereocenters. The minimum Gasteiger partial charge on any atom is -0.507 e. The van der Waals surface area contributed by atoms with Gasteiger partial charge in [0.05, 0.1) is 5.69 Å². The molecule has 3 aromatic carbocycles. The molecular weight excluding hydrogens is 379 g/mol. The van der Waals surface area contributed by atoms with Gasteiger partial charge >= 0.3 is 0 Å². The number of carbonyl (C=O) groups excluding carboxylic acids is 1. The summed E-state index contributed by atoms with van der Waals surface area (Å²) in [4.78, 5) is 13.6. The van der Waals surface area contributed by atoms with Crippen molar-refractivity contribution in [1.82, 2.24) is 0 Å². The first-order chi connectivity index (χ1) is 14.5. The number of phenols is 1. The first-order valence-electron chi connectivity index (χ1n) is 10.3. The molecule has 1 saturated heterocycles. The van der Waals surface area contributed by atoms with E-state index >= 15 is 0 Å². The Morgan fingerprint density at radius 2 is 1.60 bits per heavy atom. The highest BCUT2D eigenvalue weighted by Crippen LogP contribution is 2.39. The van der Waals surface area contributed by atoms with E-state index in [0.717, 1.165) is 24.3 Å². The van der Waals surface area contributed by atoms with Crippen molar-refractivity contribution in [2.24, 2.45) is 0 Å². The molecule has 0 aliphatic carbocycles. The number of hydrogen-bond donors (Lipinski definition) is 2. The van der Waals surface area contributed by atoms with Gasteiger partial charge in [-0.05, 0) is 54.7 Å². The van der Waals surface area contributed by atoms with E-state index in [0.29, 0.717) is 16.7 Å². The van der Waals surface area contributed by atoms with Crippen LogP contribution in [0.5, 0.6) is 5.75 Å². The van der Waals surface area contributed by atoms with E-state index in [2.05, 4.69) is 22.3 Å². The second-order valence-electron chi connectivity index (χ2n) is 7.68. The van der Waals surface area contributed by atoms with Crippen LogP contribution in [0.1, 0.15) is 26.2 Å². The standard InChI is InChI=1S/C25H25FN2O2/c1-17(29)27-24-12-11-19(16-23(24)26)22-10-6-9-21(25(22)30)18-7-5-8-20(15-18)28-13-3-2-4-14-28/h5-12,15-16,30H,2-4,13-14H2,1H3,(H,27,29). The summed E-state index contributed by atoms with van der Waals surface area (Å²) in [6, 6.07) is 18.2.